The molecule has 0 aliphatic carbocycles. The number of allylic oxidation sites excluding steroid dienone is 1. The minimum atomic E-state index is -0.727. The van der Waals surface area contributed by atoms with Crippen LogP contribution in [0.15, 0.2) is 69.7 Å². The van der Waals surface area contributed by atoms with Crippen LogP contribution in [0.1, 0.15) is 37.9 Å². The first kappa shape index (κ1) is 25.5. The minimum absolute atomic E-state index is 0.156. The number of carbonyl (C=O) groups is 1. The smallest absolute Gasteiger partial charge is 0.271 e. The van der Waals surface area contributed by atoms with Crippen molar-refractivity contribution >= 4 is 34.2 Å². The third-order valence-electron chi connectivity index (χ3n) is 6.94. The summed E-state index contributed by atoms with van der Waals surface area (Å²) in [7, 11) is 3.16. The third kappa shape index (κ3) is 4.22. The van der Waals surface area contributed by atoms with Crippen LogP contribution in [-0.2, 0) is 4.79 Å². The zero-order valence-electron chi connectivity index (χ0n) is 22.1. The van der Waals surface area contributed by atoms with E-state index in [1.54, 1.807) is 35.8 Å². The summed E-state index contributed by atoms with van der Waals surface area (Å²) in [6, 6.07) is 12.6. The Hall–Kier alpha value is -4.11. The molecule has 1 atom stereocenters. The number of methoxy groups -OCH3 is 2. The highest BCUT2D eigenvalue weighted by molar-refractivity contribution is 7.07. The van der Waals surface area contributed by atoms with Crippen LogP contribution in [0.5, 0.6) is 11.5 Å². The van der Waals surface area contributed by atoms with E-state index >= 15 is 0 Å². The van der Waals surface area contributed by atoms with Gasteiger partial charge in [0.2, 0.25) is 0 Å². The molecule has 0 saturated carbocycles. The molecule has 2 aromatic carbocycles. The summed E-state index contributed by atoms with van der Waals surface area (Å²) in [6.07, 6.45) is 3.78. The molecule has 38 heavy (non-hydrogen) atoms. The lowest BCUT2D eigenvalue weighted by Gasteiger charge is -2.30. The molecule has 3 heterocycles. The molecule has 1 aliphatic heterocycles. The Morgan fingerprint density at radius 3 is 2.63 bits per heavy atom. The number of aromatic nitrogens is 2. The number of carbonyl (C=O) groups excluding carboxylic acids is 1. The number of benzene rings is 2. The van der Waals surface area contributed by atoms with Gasteiger partial charge in [0, 0.05) is 41.3 Å². The minimum Gasteiger partial charge on any atom is -0.497 e. The molecule has 1 amide bonds. The molecular formula is C29H30N4O4S. The van der Waals surface area contributed by atoms with Crippen LogP contribution in [0.4, 0.5) is 0 Å². The first-order chi connectivity index (χ1) is 18.4. The van der Waals surface area contributed by atoms with Gasteiger partial charge in [-0.05, 0) is 51.1 Å². The van der Waals surface area contributed by atoms with Gasteiger partial charge in [-0.25, -0.2) is 4.99 Å². The Kier molecular flexibility index (Phi) is 6.94. The molecule has 0 bridgehead atoms. The van der Waals surface area contributed by atoms with Crippen molar-refractivity contribution in [2.45, 2.75) is 26.8 Å². The molecule has 8 nitrogen and oxygen atoms in total. The molecule has 196 valence electrons. The number of thiazole rings is 1. The highest BCUT2D eigenvalue weighted by Gasteiger charge is 2.36. The molecule has 9 heteroatoms. The maximum atomic E-state index is 14.0. The number of rotatable bonds is 7. The first-order valence-electron chi connectivity index (χ1n) is 12.5. The molecule has 0 fully saturated rings. The molecule has 1 N–H and O–H groups in total. The van der Waals surface area contributed by atoms with Gasteiger partial charge >= 0.3 is 0 Å². The van der Waals surface area contributed by atoms with E-state index < -0.39 is 6.04 Å². The van der Waals surface area contributed by atoms with Crippen LogP contribution in [0, 0.1) is 0 Å². The number of amides is 1. The zero-order valence-corrected chi connectivity index (χ0v) is 22.9. The van der Waals surface area contributed by atoms with Crippen molar-refractivity contribution in [2.75, 3.05) is 27.3 Å². The normalized spacial score (nSPS) is 15.4. The van der Waals surface area contributed by atoms with Gasteiger partial charge in [-0.3, -0.25) is 14.2 Å². The van der Waals surface area contributed by atoms with Crippen LogP contribution >= 0.6 is 11.3 Å². The van der Waals surface area contributed by atoms with E-state index in [1.807, 2.05) is 63.4 Å². The number of fused-ring (bicyclic) bond motifs is 2. The average molecular weight is 531 g/mol. The lowest BCUT2D eigenvalue weighted by atomic mass is 9.93. The number of nitrogens with one attached hydrogen (secondary N) is 1. The fourth-order valence-corrected chi connectivity index (χ4v) is 6.02. The number of para-hydroxylation sites is 1. The zero-order chi connectivity index (χ0) is 27.0. The second-order valence-corrected chi connectivity index (χ2v) is 9.97. The number of nitrogens with zero attached hydrogens (tertiary/aromatic N) is 3. The number of aromatic amines is 1. The Labute approximate surface area is 224 Å². The summed E-state index contributed by atoms with van der Waals surface area (Å²) in [6.45, 7) is 6.79. The Bertz CT molecular complexity index is 1740. The Balaban J connectivity index is 1.79. The number of H-pyrrole nitrogens is 1. The van der Waals surface area contributed by atoms with E-state index in [2.05, 4.69) is 4.98 Å². The molecule has 0 radical (unpaired) electrons. The van der Waals surface area contributed by atoms with Crippen LogP contribution < -0.4 is 24.4 Å². The van der Waals surface area contributed by atoms with Gasteiger partial charge < -0.3 is 19.4 Å². The largest absolute Gasteiger partial charge is 0.497 e. The lowest BCUT2D eigenvalue weighted by Crippen LogP contribution is -2.43. The van der Waals surface area contributed by atoms with Gasteiger partial charge in [-0.15, -0.1) is 0 Å². The van der Waals surface area contributed by atoms with E-state index in [0.29, 0.717) is 50.8 Å². The van der Waals surface area contributed by atoms with Crippen molar-refractivity contribution in [3.05, 3.63) is 90.7 Å². The number of hydrogen-bond donors (Lipinski definition) is 1. The van der Waals surface area contributed by atoms with Gasteiger partial charge in [-0.2, -0.15) is 0 Å². The van der Waals surface area contributed by atoms with E-state index in [9.17, 15) is 9.59 Å². The lowest BCUT2D eigenvalue weighted by molar-refractivity contribution is -0.127. The Morgan fingerprint density at radius 2 is 1.92 bits per heavy atom. The molecule has 2 aromatic heterocycles. The highest BCUT2D eigenvalue weighted by atomic mass is 32.1. The van der Waals surface area contributed by atoms with Crippen LogP contribution in [0.3, 0.4) is 0 Å². The van der Waals surface area contributed by atoms with E-state index in [4.69, 9.17) is 14.5 Å². The summed E-state index contributed by atoms with van der Waals surface area (Å²) >= 11 is 1.31. The van der Waals surface area contributed by atoms with Gasteiger partial charge in [0.15, 0.2) is 4.80 Å². The number of hydrogen-bond acceptors (Lipinski definition) is 6. The SMILES string of the molecule is CCN(CC)C(=O)C1=C(C)N=c2s/c(=C\c3c[nH]c4ccccc34)c(=O)n2[C@H]1c1cc(OC)ccc1OC. The van der Waals surface area contributed by atoms with Crippen molar-refractivity contribution in [1.82, 2.24) is 14.5 Å². The molecule has 0 saturated heterocycles. The first-order valence-corrected chi connectivity index (χ1v) is 13.3. The average Bonchev–Trinajstić information content (AvgIpc) is 3.48. The summed E-state index contributed by atoms with van der Waals surface area (Å²) in [5.41, 5.74) is 3.38. The summed E-state index contributed by atoms with van der Waals surface area (Å²) in [4.78, 5) is 38.2. The van der Waals surface area contributed by atoms with E-state index in [-0.39, 0.29) is 11.5 Å². The third-order valence-corrected chi connectivity index (χ3v) is 7.92. The van der Waals surface area contributed by atoms with Crippen molar-refractivity contribution < 1.29 is 14.3 Å². The van der Waals surface area contributed by atoms with Gasteiger partial charge in [0.05, 0.1) is 30.0 Å². The van der Waals surface area contributed by atoms with Crippen molar-refractivity contribution in [1.29, 1.82) is 0 Å². The van der Waals surface area contributed by atoms with Gasteiger partial charge in [0.25, 0.3) is 11.5 Å². The van der Waals surface area contributed by atoms with E-state index in [0.717, 1.165) is 16.5 Å². The van der Waals surface area contributed by atoms with Crippen LogP contribution in [0.25, 0.3) is 17.0 Å². The number of likely N-dealkylation sites (N-methyl/N-ethyl adjacent to an activating group) is 1. The van der Waals surface area contributed by atoms with E-state index in [1.165, 1.54) is 11.3 Å². The molecule has 0 spiro atoms. The van der Waals surface area contributed by atoms with Crippen molar-refractivity contribution in [3.8, 4) is 11.5 Å². The molecule has 0 unspecified atom stereocenters. The predicted octanol–water partition coefficient (Wildman–Crippen LogP) is 3.60. The monoisotopic (exact) mass is 530 g/mol. The topological polar surface area (TPSA) is 88.9 Å². The quantitative estimate of drug-likeness (QED) is 0.396. The summed E-state index contributed by atoms with van der Waals surface area (Å²) in [5.74, 6) is 1.00. The van der Waals surface area contributed by atoms with Crippen LogP contribution in [0.2, 0.25) is 0 Å². The predicted molar refractivity (Wildman–Crippen MR) is 150 cm³/mol. The standard InChI is InChI=1S/C29H30N4O4S/c1-6-32(7-2)28(35)25-17(3)31-29-33(26(25)21-15-19(36-4)12-13-23(21)37-5)27(34)24(38-29)14-18-16-30-22-11-9-8-10-20(18)22/h8-16,26,30H,6-7H2,1-5H3/b24-14-/t26-/m0/s1. The van der Waals surface area contributed by atoms with Crippen molar-refractivity contribution in [2.24, 2.45) is 4.99 Å². The maximum absolute atomic E-state index is 14.0. The molecule has 4 aromatic rings. The number of ether oxygens (including phenoxy) is 2. The summed E-state index contributed by atoms with van der Waals surface area (Å²) < 4.78 is 13.4. The molecule has 1 aliphatic rings. The maximum Gasteiger partial charge on any atom is 0.271 e. The fraction of sp³-hybridized carbons (Fsp3) is 0.276. The summed E-state index contributed by atoms with van der Waals surface area (Å²) in [5, 5.41) is 1.03. The Morgan fingerprint density at radius 1 is 1.16 bits per heavy atom. The fourth-order valence-electron chi connectivity index (χ4n) is 4.98. The highest BCUT2D eigenvalue weighted by Crippen LogP contribution is 2.38. The second kappa shape index (κ2) is 10.3. The van der Waals surface area contributed by atoms with Gasteiger partial charge in [-0.1, -0.05) is 29.5 Å². The van der Waals surface area contributed by atoms with Crippen LogP contribution in [-0.4, -0.2) is 47.7 Å². The van der Waals surface area contributed by atoms with Crippen molar-refractivity contribution in [3.63, 3.8) is 0 Å². The molecule has 5 rings (SSSR count). The second-order valence-electron chi connectivity index (χ2n) is 8.96. The molecular weight excluding hydrogens is 500 g/mol. The van der Waals surface area contributed by atoms with Gasteiger partial charge in [0.1, 0.15) is 17.5 Å².